The Morgan fingerprint density at radius 3 is 0.951 bits per heavy atom. The minimum absolute atomic E-state index is 0.117. The summed E-state index contributed by atoms with van der Waals surface area (Å²) in [6, 6.07) is 7.40. The van der Waals surface area contributed by atoms with Gasteiger partial charge < -0.3 is 20.4 Å². The Hall–Kier alpha value is -2.67. The van der Waals surface area contributed by atoms with E-state index in [1.54, 1.807) is 0 Å². The molecule has 0 aliphatic carbocycles. The zero-order valence-electron chi connectivity index (χ0n) is 26.9. The molecule has 2 atom stereocenters. The van der Waals surface area contributed by atoms with Gasteiger partial charge in [0.25, 0.3) is 0 Å². The number of aromatic hydroxyl groups is 2. The van der Waals surface area contributed by atoms with Crippen LogP contribution in [0.1, 0.15) is 116 Å². The number of phenols is 2. The molecule has 7 heteroatoms. The predicted molar refractivity (Wildman–Crippen MR) is 169 cm³/mol. The molecule has 0 bridgehead atoms. The van der Waals surface area contributed by atoms with Crippen LogP contribution in [0.3, 0.4) is 0 Å². The van der Waals surface area contributed by atoms with Gasteiger partial charge in [0.15, 0.2) is 0 Å². The minimum Gasteiger partial charge on any atom is -0.507 e. The van der Waals surface area contributed by atoms with E-state index in [1.807, 2.05) is 107 Å². The van der Waals surface area contributed by atoms with Gasteiger partial charge in [0, 0.05) is 0 Å². The van der Waals surface area contributed by atoms with Crippen molar-refractivity contribution < 1.29 is 30.0 Å². The molecule has 0 radical (unpaired) electrons. The average Bonchev–Trinajstić information content (AvgIpc) is 2.76. The second-order valence-electron chi connectivity index (χ2n) is 15.3. The Morgan fingerprint density at radius 2 is 0.780 bits per heavy atom. The molecule has 2 aromatic carbocycles. The molecule has 0 fully saturated rings. The third kappa shape index (κ3) is 8.67. The van der Waals surface area contributed by atoms with Crippen LogP contribution in [0.2, 0.25) is 0 Å². The number of hydrogen-bond donors (Lipinski definition) is 4. The molecule has 0 saturated heterocycles. The van der Waals surface area contributed by atoms with Gasteiger partial charge in [-0.05, 0) is 67.9 Å². The van der Waals surface area contributed by atoms with E-state index in [4.69, 9.17) is 0 Å². The maximum atomic E-state index is 12.5. The summed E-state index contributed by atoms with van der Waals surface area (Å²) in [6.45, 7) is 24.0. The van der Waals surface area contributed by atoms with Crippen molar-refractivity contribution in [1.82, 2.24) is 0 Å². The number of thioether (sulfide) groups is 1. The van der Waals surface area contributed by atoms with Crippen LogP contribution in [-0.2, 0) is 44.1 Å². The van der Waals surface area contributed by atoms with Crippen molar-refractivity contribution in [2.24, 2.45) is 0 Å². The summed E-state index contributed by atoms with van der Waals surface area (Å²) in [4.78, 5) is 24.9. The fraction of sp³-hybridized carbons (Fsp3) is 0.588. The van der Waals surface area contributed by atoms with Crippen molar-refractivity contribution in [2.45, 2.75) is 128 Å². The van der Waals surface area contributed by atoms with Gasteiger partial charge in [-0.25, -0.2) is 0 Å². The quantitative estimate of drug-likeness (QED) is 0.250. The summed E-state index contributed by atoms with van der Waals surface area (Å²) in [5.41, 5.74) is 2.94. The highest BCUT2D eigenvalue weighted by atomic mass is 32.2. The normalized spacial score (nSPS) is 14.5. The van der Waals surface area contributed by atoms with E-state index in [2.05, 4.69) is 0 Å². The van der Waals surface area contributed by atoms with E-state index in [-0.39, 0.29) is 46.0 Å². The number of hydrogen-bond acceptors (Lipinski definition) is 5. The maximum absolute atomic E-state index is 12.5. The van der Waals surface area contributed by atoms with E-state index in [0.29, 0.717) is 0 Å². The van der Waals surface area contributed by atoms with E-state index in [0.717, 1.165) is 45.1 Å². The predicted octanol–water partition coefficient (Wildman–Crippen LogP) is 7.71. The summed E-state index contributed by atoms with van der Waals surface area (Å²) in [5.74, 6) is -1.73. The van der Waals surface area contributed by atoms with Crippen molar-refractivity contribution in [3.8, 4) is 11.5 Å². The van der Waals surface area contributed by atoms with Gasteiger partial charge in [0.05, 0.1) is 0 Å². The average molecular weight is 587 g/mol. The first-order chi connectivity index (χ1) is 18.3. The van der Waals surface area contributed by atoms with Crippen LogP contribution >= 0.6 is 11.8 Å². The van der Waals surface area contributed by atoms with Crippen molar-refractivity contribution >= 4 is 23.7 Å². The lowest BCUT2D eigenvalue weighted by Gasteiger charge is -2.29. The zero-order valence-corrected chi connectivity index (χ0v) is 27.7. The first-order valence-electron chi connectivity index (χ1n) is 14.2. The molecule has 0 saturated carbocycles. The van der Waals surface area contributed by atoms with E-state index >= 15 is 0 Å². The van der Waals surface area contributed by atoms with Crippen molar-refractivity contribution in [2.75, 3.05) is 0 Å². The van der Waals surface area contributed by atoms with Gasteiger partial charge >= 0.3 is 11.9 Å². The molecule has 228 valence electrons. The Morgan fingerprint density at radius 1 is 0.561 bits per heavy atom. The Kier molecular flexibility index (Phi) is 10.0. The van der Waals surface area contributed by atoms with Crippen molar-refractivity contribution in [3.63, 3.8) is 0 Å². The van der Waals surface area contributed by atoms with Gasteiger partial charge in [0.2, 0.25) is 0 Å². The minimum atomic E-state index is -1.08. The third-order valence-electron chi connectivity index (χ3n) is 7.29. The second kappa shape index (κ2) is 11.9. The molecule has 4 N–H and O–H groups in total. The van der Waals surface area contributed by atoms with Crippen LogP contribution in [-0.4, -0.2) is 42.9 Å². The molecule has 0 aromatic heterocycles. The highest BCUT2D eigenvalue weighted by molar-refractivity contribution is 8.01. The van der Waals surface area contributed by atoms with Gasteiger partial charge in [-0.2, -0.15) is 0 Å². The van der Waals surface area contributed by atoms with E-state index in [9.17, 15) is 30.0 Å². The van der Waals surface area contributed by atoms with Gasteiger partial charge in [-0.1, -0.05) is 107 Å². The molecule has 0 spiro atoms. The standard InChI is InChI=1S/C34H50O6S/c1-31(2,3)21-13-19(14-22(27(21)35)32(4,5)6)17-25(29(37)38)41-26(30(39)40)18-20-15-23(33(7,8)9)28(36)24(16-20)34(10,11)12/h13-16,25-26,35-36H,17-18H2,1-12H3,(H,37,38)(H,39,40). The number of phenolic OH excluding ortho intramolecular Hbond substituents is 2. The molecule has 2 unspecified atom stereocenters. The largest absolute Gasteiger partial charge is 0.507 e. The molecule has 2 rings (SSSR count). The van der Waals surface area contributed by atoms with Crippen LogP contribution in [0.25, 0.3) is 0 Å². The monoisotopic (exact) mass is 586 g/mol. The Labute approximate surface area is 250 Å². The highest BCUT2D eigenvalue weighted by Gasteiger charge is 2.33. The van der Waals surface area contributed by atoms with E-state index in [1.165, 1.54) is 0 Å². The summed E-state index contributed by atoms with van der Waals surface area (Å²) >= 11 is 0.933. The van der Waals surface area contributed by atoms with Crippen LogP contribution in [0.5, 0.6) is 11.5 Å². The summed E-state index contributed by atoms with van der Waals surface area (Å²) in [5, 5.41) is 40.5. The van der Waals surface area contributed by atoms with Crippen LogP contribution in [0, 0.1) is 0 Å². The molecule has 0 aliphatic heterocycles. The fourth-order valence-electron chi connectivity index (χ4n) is 4.92. The van der Waals surface area contributed by atoms with E-state index < -0.39 is 22.4 Å². The topological polar surface area (TPSA) is 115 Å². The SMILES string of the molecule is CC(C)(C)c1cc(CC(SC(Cc2cc(C(C)(C)C)c(O)c(C(C)(C)C)c2)C(=O)O)C(=O)O)cc(C(C)(C)C)c1O. The third-order valence-corrected chi connectivity index (χ3v) is 8.69. The summed E-state index contributed by atoms with van der Waals surface area (Å²) in [7, 11) is 0. The van der Waals surface area contributed by atoms with Crippen molar-refractivity contribution in [3.05, 3.63) is 57.6 Å². The molecule has 2 aromatic rings. The van der Waals surface area contributed by atoms with Crippen LogP contribution < -0.4 is 0 Å². The molecule has 0 aliphatic rings. The number of aliphatic carboxylic acids is 2. The lowest BCUT2D eigenvalue weighted by molar-refractivity contribution is -0.136. The molecule has 0 amide bonds. The molecule has 6 nitrogen and oxygen atoms in total. The van der Waals surface area contributed by atoms with Gasteiger partial charge in [-0.15, -0.1) is 11.8 Å². The Balaban J connectivity index is 2.54. The van der Waals surface area contributed by atoms with Gasteiger partial charge in [0.1, 0.15) is 22.0 Å². The fourth-order valence-corrected chi connectivity index (χ4v) is 6.13. The maximum Gasteiger partial charge on any atom is 0.316 e. The molecular weight excluding hydrogens is 536 g/mol. The smallest absolute Gasteiger partial charge is 0.316 e. The number of rotatable bonds is 8. The summed E-state index contributed by atoms with van der Waals surface area (Å²) < 4.78 is 0. The number of carboxylic acids is 2. The lowest BCUT2D eigenvalue weighted by Crippen LogP contribution is -2.29. The first kappa shape index (κ1) is 34.5. The van der Waals surface area contributed by atoms with Crippen LogP contribution in [0.4, 0.5) is 0 Å². The second-order valence-corrected chi connectivity index (χ2v) is 16.7. The number of benzene rings is 2. The zero-order chi connectivity index (χ0) is 31.9. The van der Waals surface area contributed by atoms with Gasteiger partial charge in [-0.3, -0.25) is 9.59 Å². The molecular formula is C34H50O6S. The molecule has 41 heavy (non-hydrogen) atoms. The lowest BCUT2D eigenvalue weighted by atomic mass is 9.78. The summed E-state index contributed by atoms with van der Waals surface area (Å²) in [6.07, 6.45) is 0.235. The number of carbonyl (C=O) groups is 2. The Bertz CT molecular complexity index is 1110. The van der Waals surface area contributed by atoms with Crippen LogP contribution in [0.15, 0.2) is 24.3 Å². The number of carboxylic acid groups (broad SMARTS) is 2. The van der Waals surface area contributed by atoms with Crippen molar-refractivity contribution in [1.29, 1.82) is 0 Å². The first-order valence-corrected chi connectivity index (χ1v) is 15.1. The highest BCUT2D eigenvalue weighted by Crippen LogP contribution is 2.42. The molecule has 0 heterocycles.